The van der Waals surface area contributed by atoms with Crippen LogP contribution in [-0.4, -0.2) is 56.2 Å². The van der Waals surface area contributed by atoms with E-state index in [0.29, 0.717) is 6.04 Å². The van der Waals surface area contributed by atoms with Crippen LogP contribution in [0.15, 0.2) is 24.3 Å². The van der Waals surface area contributed by atoms with Crippen LogP contribution in [0.4, 0.5) is 0 Å². The second-order valence-electron chi connectivity index (χ2n) is 5.54. The molecule has 0 aliphatic rings. The van der Waals surface area contributed by atoms with E-state index in [9.17, 15) is 0 Å². The normalized spacial score (nSPS) is 12.9. The van der Waals surface area contributed by atoms with Crippen molar-refractivity contribution in [3.8, 4) is 5.75 Å². The SMILES string of the molecule is CCN(CC)CCOc1ccc(CC(C)N(C)C)cc1. The van der Waals surface area contributed by atoms with E-state index in [0.717, 1.165) is 38.4 Å². The Bertz CT molecular complexity index is 358. The summed E-state index contributed by atoms with van der Waals surface area (Å²) in [6.45, 7) is 10.5. The summed E-state index contributed by atoms with van der Waals surface area (Å²) in [5.74, 6) is 0.971. The molecule has 0 amide bonds. The summed E-state index contributed by atoms with van der Waals surface area (Å²) >= 11 is 0. The van der Waals surface area contributed by atoms with Gasteiger partial charge in [0.05, 0.1) is 0 Å². The third-order valence-corrected chi connectivity index (χ3v) is 3.91. The summed E-state index contributed by atoms with van der Waals surface area (Å²) in [6.07, 6.45) is 1.08. The average molecular weight is 278 g/mol. The minimum absolute atomic E-state index is 0.560. The molecule has 0 radical (unpaired) electrons. The van der Waals surface area contributed by atoms with Gasteiger partial charge in [-0.3, -0.25) is 0 Å². The maximum Gasteiger partial charge on any atom is 0.119 e. The van der Waals surface area contributed by atoms with Crippen molar-refractivity contribution >= 4 is 0 Å². The van der Waals surface area contributed by atoms with Crippen molar-refractivity contribution in [3.05, 3.63) is 29.8 Å². The summed E-state index contributed by atoms with van der Waals surface area (Å²) in [7, 11) is 4.24. The molecule has 0 aromatic heterocycles. The fourth-order valence-electron chi connectivity index (χ4n) is 2.08. The first-order chi connectivity index (χ1) is 9.56. The van der Waals surface area contributed by atoms with E-state index in [-0.39, 0.29) is 0 Å². The van der Waals surface area contributed by atoms with E-state index < -0.39 is 0 Å². The Kier molecular flexibility index (Phi) is 7.63. The van der Waals surface area contributed by atoms with Crippen LogP contribution in [0.5, 0.6) is 5.75 Å². The highest BCUT2D eigenvalue weighted by Crippen LogP contribution is 2.14. The predicted molar refractivity (Wildman–Crippen MR) is 86.6 cm³/mol. The first kappa shape index (κ1) is 17.0. The van der Waals surface area contributed by atoms with E-state index in [1.165, 1.54) is 5.56 Å². The van der Waals surface area contributed by atoms with Crippen molar-refractivity contribution in [2.24, 2.45) is 0 Å². The van der Waals surface area contributed by atoms with Gasteiger partial charge < -0.3 is 14.5 Å². The van der Waals surface area contributed by atoms with Gasteiger partial charge in [0.25, 0.3) is 0 Å². The Labute approximate surface area is 124 Å². The van der Waals surface area contributed by atoms with E-state index in [1.54, 1.807) is 0 Å². The molecule has 1 rings (SSSR count). The minimum atomic E-state index is 0.560. The number of rotatable bonds is 9. The smallest absolute Gasteiger partial charge is 0.119 e. The summed E-state index contributed by atoms with van der Waals surface area (Å²) in [4.78, 5) is 4.61. The van der Waals surface area contributed by atoms with Crippen LogP contribution >= 0.6 is 0 Å². The molecule has 0 saturated heterocycles. The van der Waals surface area contributed by atoms with Crippen molar-refractivity contribution in [1.29, 1.82) is 0 Å². The Morgan fingerprint density at radius 3 is 2.15 bits per heavy atom. The monoisotopic (exact) mass is 278 g/mol. The summed E-state index contributed by atoms with van der Waals surface area (Å²) < 4.78 is 5.80. The van der Waals surface area contributed by atoms with Gasteiger partial charge >= 0.3 is 0 Å². The molecule has 0 spiro atoms. The van der Waals surface area contributed by atoms with Gasteiger partial charge in [0, 0.05) is 12.6 Å². The average Bonchev–Trinajstić information content (AvgIpc) is 2.45. The molecule has 0 N–H and O–H groups in total. The molecular weight excluding hydrogens is 248 g/mol. The summed E-state index contributed by atoms with van der Waals surface area (Å²) in [5.41, 5.74) is 1.36. The molecular formula is C17H30N2O. The minimum Gasteiger partial charge on any atom is -0.492 e. The van der Waals surface area contributed by atoms with Gasteiger partial charge in [0.15, 0.2) is 0 Å². The van der Waals surface area contributed by atoms with Crippen LogP contribution in [0, 0.1) is 0 Å². The molecule has 0 heterocycles. The van der Waals surface area contributed by atoms with Crippen molar-refractivity contribution in [1.82, 2.24) is 9.80 Å². The quantitative estimate of drug-likeness (QED) is 0.691. The van der Waals surface area contributed by atoms with Gasteiger partial charge in [-0.25, -0.2) is 0 Å². The number of benzene rings is 1. The highest BCUT2D eigenvalue weighted by Gasteiger charge is 2.06. The molecule has 0 aliphatic carbocycles. The van der Waals surface area contributed by atoms with E-state index in [4.69, 9.17) is 4.74 Å². The Balaban J connectivity index is 2.39. The van der Waals surface area contributed by atoms with Gasteiger partial charge in [-0.1, -0.05) is 26.0 Å². The molecule has 0 saturated carbocycles. The second-order valence-corrected chi connectivity index (χ2v) is 5.54. The highest BCUT2D eigenvalue weighted by atomic mass is 16.5. The molecule has 0 fully saturated rings. The molecule has 1 unspecified atom stereocenters. The van der Waals surface area contributed by atoms with Crippen LogP contribution in [0.3, 0.4) is 0 Å². The van der Waals surface area contributed by atoms with Crippen molar-refractivity contribution in [2.45, 2.75) is 33.2 Å². The predicted octanol–water partition coefficient (Wildman–Crippen LogP) is 2.90. The fourth-order valence-corrected chi connectivity index (χ4v) is 2.08. The first-order valence-electron chi connectivity index (χ1n) is 7.67. The standard InChI is InChI=1S/C17H30N2O/c1-6-19(7-2)12-13-20-17-10-8-16(9-11-17)14-15(3)18(4)5/h8-11,15H,6-7,12-14H2,1-5H3. The zero-order valence-electron chi connectivity index (χ0n) is 13.7. The largest absolute Gasteiger partial charge is 0.492 e. The van der Waals surface area contributed by atoms with Crippen LogP contribution in [0.2, 0.25) is 0 Å². The summed E-state index contributed by atoms with van der Waals surface area (Å²) in [6, 6.07) is 9.07. The number of hydrogen-bond donors (Lipinski definition) is 0. The fraction of sp³-hybridized carbons (Fsp3) is 0.647. The van der Waals surface area contributed by atoms with Crippen LogP contribution < -0.4 is 4.74 Å². The highest BCUT2D eigenvalue weighted by molar-refractivity contribution is 5.27. The van der Waals surface area contributed by atoms with Gasteiger partial charge in [0.1, 0.15) is 12.4 Å². The van der Waals surface area contributed by atoms with E-state index >= 15 is 0 Å². The molecule has 0 bridgehead atoms. The molecule has 1 atom stereocenters. The molecule has 114 valence electrons. The van der Waals surface area contributed by atoms with Crippen LogP contribution in [0.25, 0.3) is 0 Å². The number of nitrogens with zero attached hydrogens (tertiary/aromatic N) is 2. The van der Waals surface area contributed by atoms with Crippen LogP contribution in [0.1, 0.15) is 26.3 Å². The zero-order chi connectivity index (χ0) is 15.0. The number of hydrogen-bond acceptors (Lipinski definition) is 3. The third-order valence-electron chi connectivity index (χ3n) is 3.91. The van der Waals surface area contributed by atoms with Gasteiger partial charge in [-0.15, -0.1) is 0 Å². The third kappa shape index (κ3) is 5.93. The van der Waals surface area contributed by atoms with Crippen molar-refractivity contribution in [2.75, 3.05) is 40.3 Å². The Hall–Kier alpha value is -1.06. The molecule has 1 aromatic carbocycles. The topological polar surface area (TPSA) is 15.7 Å². The van der Waals surface area contributed by atoms with E-state index in [2.05, 4.69) is 68.9 Å². The lowest BCUT2D eigenvalue weighted by molar-refractivity contribution is 0.223. The maximum absolute atomic E-state index is 5.80. The zero-order valence-corrected chi connectivity index (χ0v) is 13.7. The number of ether oxygens (including phenoxy) is 1. The number of likely N-dealkylation sites (N-methyl/N-ethyl adjacent to an activating group) is 2. The summed E-state index contributed by atoms with van der Waals surface area (Å²) in [5, 5.41) is 0. The van der Waals surface area contributed by atoms with Crippen LogP contribution in [-0.2, 0) is 6.42 Å². The van der Waals surface area contributed by atoms with Gasteiger partial charge in [-0.2, -0.15) is 0 Å². The van der Waals surface area contributed by atoms with Gasteiger partial charge in [-0.05, 0) is 58.2 Å². The van der Waals surface area contributed by atoms with Gasteiger partial charge in [0.2, 0.25) is 0 Å². The lowest BCUT2D eigenvalue weighted by atomic mass is 10.1. The molecule has 0 aliphatic heterocycles. The molecule has 20 heavy (non-hydrogen) atoms. The lowest BCUT2D eigenvalue weighted by Gasteiger charge is -2.20. The molecule has 3 heteroatoms. The lowest BCUT2D eigenvalue weighted by Crippen LogP contribution is -2.28. The van der Waals surface area contributed by atoms with Crippen molar-refractivity contribution < 1.29 is 4.74 Å². The Morgan fingerprint density at radius 2 is 1.65 bits per heavy atom. The van der Waals surface area contributed by atoms with Crippen molar-refractivity contribution in [3.63, 3.8) is 0 Å². The second kappa shape index (κ2) is 8.98. The van der Waals surface area contributed by atoms with E-state index in [1.807, 2.05) is 0 Å². The molecule has 3 nitrogen and oxygen atoms in total. The molecule has 1 aromatic rings. The first-order valence-corrected chi connectivity index (χ1v) is 7.67. The Morgan fingerprint density at radius 1 is 1.05 bits per heavy atom. The maximum atomic E-state index is 5.80.